The van der Waals surface area contributed by atoms with Crippen molar-refractivity contribution in [3.63, 3.8) is 0 Å². The Hall–Kier alpha value is -1.67. The number of aromatic nitrogens is 2. The van der Waals surface area contributed by atoms with Crippen LogP contribution in [0, 0.1) is 6.92 Å². The van der Waals surface area contributed by atoms with E-state index in [4.69, 9.17) is 5.73 Å². The van der Waals surface area contributed by atoms with Crippen LogP contribution in [0.3, 0.4) is 0 Å². The first-order valence-corrected chi connectivity index (χ1v) is 6.91. The van der Waals surface area contributed by atoms with Gasteiger partial charge in [0.25, 0.3) is 10.0 Å². The van der Waals surface area contributed by atoms with Gasteiger partial charge in [-0.3, -0.25) is 4.72 Å². The number of hydrogen-bond donors (Lipinski definition) is 2. The number of sulfonamides is 1. The number of nitrogens with two attached hydrogens (primary N) is 1. The van der Waals surface area contributed by atoms with Crippen molar-refractivity contribution in [3.05, 3.63) is 30.0 Å². The van der Waals surface area contributed by atoms with E-state index in [1.54, 1.807) is 13.0 Å². The minimum absolute atomic E-state index is 0.164. The summed E-state index contributed by atoms with van der Waals surface area (Å²) >= 11 is 0.976. The molecule has 0 saturated carbocycles. The van der Waals surface area contributed by atoms with Gasteiger partial charge in [-0.25, -0.2) is 8.42 Å². The molecular weight excluding hydrogens is 260 g/mol. The van der Waals surface area contributed by atoms with Gasteiger partial charge >= 0.3 is 0 Å². The molecule has 2 aromatic rings. The molecular formula is C9H10N4O2S2. The summed E-state index contributed by atoms with van der Waals surface area (Å²) in [5.74, 6) is 0. The standard InChI is InChI=1S/C9H10N4O2S2/c1-6-4-7(2-3-8(6)10)17(14,15)12-9-5-11-13-16-9/h2-5,12H,10H2,1H3. The molecule has 0 spiro atoms. The number of nitrogen functional groups attached to an aromatic ring is 1. The number of rotatable bonds is 3. The van der Waals surface area contributed by atoms with Gasteiger partial charge in [0.1, 0.15) is 5.00 Å². The Morgan fingerprint density at radius 1 is 1.41 bits per heavy atom. The molecule has 1 aromatic heterocycles. The lowest BCUT2D eigenvalue weighted by molar-refractivity contribution is 0.601. The van der Waals surface area contributed by atoms with Crippen LogP contribution in [-0.2, 0) is 10.0 Å². The average Bonchev–Trinajstić information content (AvgIpc) is 2.73. The molecule has 0 amide bonds. The van der Waals surface area contributed by atoms with Crippen molar-refractivity contribution < 1.29 is 8.42 Å². The van der Waals surface area contributed by atoms with Gasteiger partial charge in [0, 0.05) is 17.2 Å². The maximum absolute atomic E-state index is 12.0. The van der Waals surface area contributed by atoms with Crippen LogP contribution >= 0.6 is 11.5 Å². The first-order chi connectivity index (χ1) is 7.99. The SMILES string of the molecule is Cc1cc(S(=O)(=O)Nc2cnns2)ccc1N. The molecule has 0 atom stereocenters. The van der Waals surface area contributed by atoms with Gasteiger partial charge in [0.05, 0.1) is 11.1 Å². The van der Waals surface area contributed by atoms with Crippen LogP contribution in [-0.4, -0.2) is 18.0 Å². The van der Waals surface area contributed by atoms with Crippen LogP contribution < -0.4 is 10.5 Å². The molecule has 8 heteroatoms. The van der Waals surface area contributed by atoms with E-state index < -0.39 is 10.0 Å². The highest BCUT2D eigenvalue weighted by Crippen LogP contribution is 2.20. The molecule has 0 fully saturated rings. The molecule has 3 N–H and O–H groups in total. The highest BCUT2D eigenvalue weighted by Gasteiger charge is 2.15. The molecule has 0 aliphatic rings. The summed E-state index contributed by atoms with van der Waals surface area (Å²) in [4.78, 5) is 0.164. The van der Waals surface area contributed by atoms with E-state index in [2.05, 4.69) is 14.3 Å². The molecule has 0 aliphatic heterocycles. The summed E-state index contributed by atoms with van der Waals surface area (Å²) < 4.78 is 29.9. The van der Waals surface area contributed by atoms with E-state index >= 15 is 0 Å². The second-order valence-electron chi connectivity index (χ2n) is 3.41. The summed E-state index contributed by atoms with van der Waals surface area (Å²) in [6, 6.07) is 4.54. The molecule has 1 heterocycles. The zero-order valence-electron chi connectivity index (χ0n) is 8.91. The fourth-order valence-electron chi connectivity index (χ4n) is 1.22. The maximum atomic E-state index is 12.0. The lowest BCUT2D eigenvalue weighted by Crippen LogP contribution is -2.12. The van der Waals surface area contributed by atoms with Crippen molar-refractivity contribution in [1.29, 1.82) is 0 Å². The van der Waals surface area contributed by atoms with Crippen molar-refractivity contribution in [2.75, 3.05) is 10.5 Å². The normalized spacial score (nSPS) is 11.4. The molecule has 0 radical (unpaired) electrons. The minimum atomic E-state index is -3.60. The van der Waals surface area contributed by atoms with Gasteiger partial charge < -0.3 is 5.73 Å². The number of hydrogen-bond acceptors (Lipinski definition) is 6. The third-order valence-electron chi connectivity index (χ3n) is 2.15. The van der Waals surface area contributed by atoms with Gasteiger partial charge in [-0.1, -0.05) is 4.49 Å². The van der Waals surface area contributed by atoms with Crippen molar-refractivity contribution in [3.8, 4) is 0 Å². The molecule has 2 rings (SSSR count). The van der Waals surface area contributed by atoms with E-state index in [-0.39, 0.29) is 4.90 Å². The number of anilines is 2. The zero-order valence-corrected chi connectivity index (χ0v) is 10.5. The lowest BCUT2D eigenvalue weighted by atomic mass is 10.2. The van der Waals surface area contributed by atoms with Crippen molar-refractivity contribution in [2.45, 2.75) is 11.8 Å². The smallest absolute Gasteiger partial charge is 0.262 e. The molecule has 0 bridgehead atoms. The predicted molar refractivity (Wildman–Crippen MR) is 66.3 cm³/mol. The average molecular weight is 270 g/mol. The van der Waals surface area contributed by atoms with Crippen LogP contribution in [0.15, 0.2) is 29.3 Å². The summed E-state index contributed by atoms with van der Waals surface area (Å²) in [7, 11) is -3.60. The number of nitrogens with zero attached hydrogens (tertiary/aromatic N) is 2. The summed E-state index contributed by atoms with van der Waals surface area (Å²) in [6.45, 7) is 1.75. The molecule has 1 aromatic carbocycles. The van der Waals surface area contributed by atoms with Gasteiger partial charge in [-0.05, 0) is 30.7 Å². The van der Waals surface area contributed by atoms with Gasteiger partial charge in [0.15, 0.2) is 0 Å². The summed E-state index contributed by atoms with van der Waals surface area (Å²) in [5.41, 5.74) is 6.91. The highest BCUT2D eigenvalue weighted by atomic mass is 32.2. The topological polar surface area (TPSA) is 98.0 Å². The van der Waals surface area contributed by atoms with E-state index in [1.165, 1.54) is 18.3 Å². The maximum Gasteiger partial charge on any atom is 0.262 e. The van der Waals surface area contributed by atoms with E-state index in [1.807, 2.05) is 0 Å². The third kappa shape index (κ3) is 2.53. The van der Waals surface area contributed by atoms with Crippen molar-refractivity contribution in [1.82, 2.24) is 9.59 Å². The number of aryl methyl sites for hydroxylation is 1. The largest absolute Gasteiger partial charge is 0.399 e. The highest BCUT2D eigenvalue weighted by molar-refractivity contribution is 7.93. The summed E-state index contributed by atoms with van der Waals surface area (Å²) in [6.07, 6.45) is 1.35. The fraction of sp³-hybridized carbons (Fsp3) is 0.111. The van der Waals surface area contributed by atoms with E-state index in [9.17, 15) is 8.42 Å². The fourth-order valence-corrected chi connectivity index (χ4v) is 2.99. The Morgan fingerprint density at radius 2 is 2.18 bits per heavy atom. The van der Waals surface area contributed by atoms with Crippen LogP contribution in [0.5, 0.6) is 0 Å². The van der Waals surface area contributed by atoms with Crippen LogP contribution in [0.2, 0.25) is 0 Å². The molecule has 0 unspecified atom stereocenters. The van der Waals surface area contributed by atoms with Gasteiger partial charge in [0.2, 0.25) is 0 Å². The molecule has 17 heavy (non-hydrogen) atoms. The number of nitrogens with one attached hydrogen (secondary N) is 1. The quantitative estimate of drug-likeness (QED) is 0.817. The predicted octanol–water partition coefficient (Wildman–Crippen LogP) is 1.23. The Bertz CT molecular complexity index is 622. The Kier molecular flexibility index (Phi) is 2.99. The number of benzene rings is 1. The Labute approximate surface area is 103 Å². The van der Waals surface area contributed by atoms with E-state index in [0.29, 0.717) is 10.7 Å². The minimum Gasteiger partial charge on any atom is -0.399 e. The summed E-state index contributed by atoms with van der Waals surface area (Å²) in [5, 5.41) is 3.93. The van der Waals surface area contributed by atoms with Gasteiger partial charge in [-0.2, -0.15) is 0 Å². The second-order valence-corrected chi connectivity index (χ2v) is 5.87. The van der Waals surface area contributed by atoms with Crippen LogP contribution in [0.4, 0.5) is 10.7 Å². The van der Waals surface area contributed by atoms with Crippen LogP contribution in [0.1, 0.15) is 5.56 Å². The molecule has 90 valence electrons. The van der Waals surface area contributed by atoms with Crippen molar-refractivity contribution in [2.24, 2.45) is 0 Å². The van der Waals surface area contributed by atoms with Crippen molar-refractivity contribution >= 4 is 32.2 Å². The monoisotopic (exact) mass is 270 g/mol. The molecule has 0 saturated heterocycles. The lowest BCUT2D eigenvalue weighted by Gasteiger charge is -2.07. The van der Waals surface area contributed by atoms with E-state index in [0.717, 1.165) is 17.1 Å². The second kappa shape index (κ2) is 4.30. The molecule has 6 nitrogen and oxygen atoms in total. The Morgan fingerprint density at radius 3 is 2.76 bits per heavy atom. The van der Waals surface area contributed by atoms with Crippen LogP contribution in [0.25, 0.3) is 0 Å². The third-order valence-corrected chi connectivity index (χ3v) is 4.22. The Balaban J connectivity index is 2.35. The zero-order chi connectivity index (χ0) is 12.5. The first-order valence-electron chi connectivity index (χ1n) is 4.65. The van der Waals surface area contributed by atoms with Gasteiger partial charge in [-0.15, -0.1) is 5.10 Å². The first kappa shape index (κ1) is 11.8. The molecule has 0 aliphatic carbocycles.